The van der Waals surface area contributed by atoms with Gasteiger partial charge in [0.25, 0.3) is 11.8 Å². The molecule has 3 aromatic rings. The van der Waals surface area contributed by atoms with E-state index in [1.165, 1.54) is 13.4 Å². The molecule has 2 aromatic heterocycles. The van der Waals surface area contributed by atoms with E-state index in [1.54, 1.807) is 22.8 Å². The van der Waals surface area contributed by atoms with Crippen LogP contribution < -0.4 is 10.8 Å². The van der Waals surface area contributed by atoms with Gasteiger partial charge in [-0.2, -0.15) is 5.10 Å². The van der Waals surface area contributed by atoms with E-state index in [9.17, 15) is 9.59 Å². The quantitative estimate of drug-likeness (QED) is 0.573. The Morgan fingerprint density at radius 3 is 2.73 bits per heavy atom. The van der Waals surface area contributed by atoms with Gasteiger partial charge in [-0.1, -0.05) is 6.07 Å². The van der Waals surface area contributed by atoms with E-state index in [2.05, 4.69) is 32.8 Å². The number of hydroxylamine groups is 1. The fourth-order valence-corrected chi connectivity index (χ4v) is 4.06. The van der Waals surface area contributed by atoms with Gasteiger partial charge in [0.05, 0.1) is 12.7 Å². The maximum atomic E-state index is 13.3. The molecule has 0 atom stereocenters. The Bertz CT molecular complexity index is 1190. The number of carbonyl (C=O) groups is 2. The zero-order valence-corrected chi connectivity index (χ0v) is 19.4. The Balaban J connectivity index is 1.67. The van der Waals surface area contributed by atoms with Crippen molar-refractivity contribution in [1.29, 1.82) is 0 Å². The van der Waals surface area contributed by atoms with E-state index in [4.69, 9.17) is 4.84 Å². The third-order valence-corrected chi connectivity index (χ3v) is 6.01. The van der Waals surface area contributed by atoms with Crippen molar-refractivity contribution >= 4 is 28.8 Å². The lowest BCUT2D eigenvalue weighted by Crippen LogP contribution is -2.34. The fourth-order valence-electron chi connectivity index (χ4n) is 4.06. The first-order valence-corrected chi connectivity index (χ1v) is 10.9. The first-order valence-electron chi connectivity index (χ1n) is 10.9. The molecule has 0 spiro atoms. The minimum absolute atomic E-state index is 0.00802. The zero-order chi connectivity index (χ0) is 23.5. The number of likely N-dealkylation sites (N-methyl/N-ethyl adjacent to an activating group) is 1. The van der Waals surface area contributed by atoms with Crippen molar-refractivity contribution in [2.45, 2.75) is 20.3 Å². The molecule has 1 saturated heterocycles. The second-order valence-corrected chi connectivity index (χ2v) is 8.31. The van der Waals surface area contributed by atoms with Crippen LogP contribution in [0.5, 0.6) is 0 Å². The van der Waals surface area contributed by atoms with Crippen LogP contribution in [-0.2, 0) is 4.84 Å². The molecule has 2 N–H and O–H groups in total. The van der Waals surface area contributed by atoms with Crippen molar-refractivity contribution in [1.82, 2.24) is 29.9 Å². The molecule has 0 saturated carbocycles. The number of rotatable bonds is 5. The van der Waals surface area contributed by atoms with Gasteiger partial charge in [0.2, 0.25) is 0 Å². The van der Waals surface area contributed by atoms with E-state index in [1.807, 2.05) is 24.8 Å². The van der Waals surface area contributed by atoms with Crippen LogP contribution in [-0.4, -0.2) is 76.5 Å². The zero-order valence-electron chi connectivity index (χ0n) is 19.4. The highest BCUT2D eigenvalue weighted by Gasteiger charge is 2.24. The predicted octanol–water partition coefficient (Wildman–Crippen LogP) is 2.16. The highest BCUT2D eigenvalue weighted by molar-refractivity contribution is 5.99. The highest BCUT2D eigenvalue weighted by Crippen LogP contribution is 2.28. The normalized spacial score (nSPS) is 14.8. The van der Waals surface area contributed by atoms with E-state index < -0.39 is 0 Å². The van der Waals surface area contributed by atoms with Gasteiger partial charge in [0, 0.05) is 37.1 Å². The van der Waals surface area contributed by atoms with E-state index in [0.29, 0.717) is 23.5 Å². The first kappa shape index (κ1) is 22.7. The number of carbonyl (C=O) groups excluding carboxylic acids is 2. The Hall–Kier alpha value is -3.50. The van der Waals surface area contributed by atoms with Gasteiger partial charge in [-0.3, -0.25) is 14.4 Å². The second kappa shape index (κ2) is 9.55. The van der Waals surface area contributed by atoms with Gasteiger partial charge < -0.3 is 15.1 Å². The van der Waals surface area contributed by atoms with Crippen LogP contribution in [0.15, 0.2) is 30.7 Å². The second-order valence-electron chi connectivity index (χ2n) is 8.31. The Kier molecular flexibility index (Phi) is 6.57. The van der Waals surface area contributed by atoms with Crippen LogP contribution in [0.25, 0.3) is 5.52 Å². The maximum absolute atomic E-state index is 13.3. The maximum Gasteiger partial charge on any atom is 0.274 e. The van der Waals surface area contributed by atoms with E-state index in [-0.39, 0.29) is 11.8 Å². The van der Waals surface area contributed by atoms with Gasteiger partial charge in [-0.25, -0.2) is 15.0 Å². The van der Waals surface area contributed by atoms with Crippen LogP contribution in [0.2, 0.25) is 0 Å². The lowest BCUT2D eigenvalue weighted by atomic mass is 10.1. The number of nitrogens with zero attached hydrogens (tertiary/aromatic N) is 5. The molecular formula is C23H29N7O3. The van der Waals surface area contributed by atoms with Gasteiger partial charge in [-0.05, 0) is 57.1 Å². The molecule has 2 amide bonds. The minimum Gasteiger partial charge on any atom is -0.338 e. The van der Waals surface area contributed by atoms with Crippen molar-refractivity contribution in [3.63, 3.8) is 0 Å². The largest absolute Gasteiger partial charge is 0.338 e. The van der Waals surface area contributed by atoms with E-state index >= 15 is 0 Å². The third kappa shape index (κ3) is 4.67. The fraction of sp³-hybridized carbons (Fsp3) is 0.391. The summed E-state index contributed by atoms with van der Waals surface area (Å²) in [5.74, 6) is 0.224. The van der Waals surface area contributed by atoms with Gasteiger partial charge in [0.15, 0.2) is 5.82 Å². The molecule has 10 heteroatoms. The molecule has 1 aromatic carbocycles. The number of aryl methyl sites for hydroxylation is 2. The summed E-state index contributed by atoms with van der Waals surface area (Å²) >= 11 is 0. The molecule has 0 radical (unpaired) electrons. The summed E-state index contributed by atoms with van der Waals surface area (Å²) in [6.07, 6.45) is 4.16. The number of aromatic nitrogens is 3. The lowest BCUT2D eigenvalue weighted by Gasteiger charge is -2.20. The molecule has 1 aliphatic rings. The number of hydrogen-bond donors (Lipinski definition) is 2. The highest BCUT2D eigenvalue weighted by atomic mass is 16.6. The van der Waals surface area contributed by atoms with Crippen LogP contribution in [0.4, 0.5) is 11.5 Å². The minimum atomic E-state index is -0.344. The monoisotopic (exact) mass is 451 g/mol. The van der Waals surface area contributed by atoms with Crippen molar-refractivity contribution in [3.8, 4) is 0 Å². The first-order chi connectivity index (χ1) is 15.9. The Morgan fingerprint density at radius 1 is 1.12 bits per heavy atom. The summed E-state index contributed by atoms with van der Waals surface area (Å²) in [6, 6.07) is 5.31. The van der Waals surface area contributed by atoms with Gasteiger partial charge in [-0.15, -0.1) is 0 Å². The number of fused-ring (bicyclic) bond motifs is 1. The molecule has 4 rings (SSSR count). The lowest BCUT2D eigenvalue weighted by molar-refractivity contribution is 0.0537. The smallest absolute Gasteiger partial charge is 0.274 e. The molecule has 1 fully saturated rings. The molecule has 174 valence electrons. The number of hydrogen-bond acceptors (Lipinski definition) is 7. The van der Waals surface area contributed by atoms with Crippen molar-refractivity contribution in [2.75, 3.05) is 45.7 Å². The average molecular weight is 452 g/mol. The van der Waals surface area contributed by atoms with Gasteiger partial charge in [0.1, 0.15) is 11.8 Å². The SMILES string of the molecule is CONC(=O)c1ccc(C)c(Nc2ncnn3cc(C(=O)N4CCCN(C)CC4)c(C)c23)c1. The predicted molar refractivity (Wildman–Crippen MR) is 125 cm³/mol. The topological polar surface area (TPSA) is 104 Å². The number of nitrogens with one attached hydrogen (secondary N) is 2. The summed E-state index contributed by atoms with van der Waals surface area (Å²) in [5.41, 5.74) is 6.59. The average Bonchev–Trinajstić information content (AvgIpc) is 2.98. The van der Waals surface area contributed by atoms with E-state index in [0.717, 1.165) is 48.4 Å². The molecule has 3 heterocycles. The summed E-state index contributed by atoms with van der Waals surface area (Å²) < 4.78 is 1.68. The Labute approximate surface area is 192 Å². The third-order valence-electron chi connectivity index (χ3n) is 6.01. The standard InChI is InChI=1S/C23H29N7O3/c1-15-6-7-17(22(31)27-33-4)12-19(15)26-21-20-16(2)18(13-30(20)25-14-24-21)23(32)29-9-5-8-28(3)10-11-29/h6-7,12-14H,5,8-11H2,1-4H3,(H,27,31)(H,24,25,26). The van der Waals surface area contributed by atoms with Crippen LogP contribution in [0.3, 0.4) is 0 Å². The van der Waals surface area contributed by atoms with Crippen LogP contribution in [0.1, 0.15) is 38.3 Å². The van der Waals surface area contributed by atoms with Crippen LogP contribution >= 0.6 is 0 Å². The molecule has 0 aliphatic carbocycles. The molecule has 1 aliphatic heterocycles. The van der Waals surface area contributed by atoms with Crippen LogP contribution in [0, 0.1) is 13.8 Å². The molecular weight excluding hydrogens is 422 g/mol. The molecule has 0 bridgehead atoms. The van der Waals surface area contributed by atoms with Crippen molar-refractivity contribution in [2.24, 2.45) is 0 Å². The van der Waals surface area contributed by atoms with Crippen molar-refractivity contribution < 1.29 is 14.4 Å². The summed E-state index contributed by atoms with van der Waals surface area (Å²) in [5, 5.41) is 7.64. The van der Waals surface area contributed by atoms with Gasteiger partial charge >= 0.3 is 0 Å². The molecule has 10 nitrogen and oxygen atoms in total. The Morgan fingerprint density at radius 2 is 1.94 bits per heavy atom. The number of anilines is 2. The van der Waals surface area contributed by atoms with Crippen molar-refractivity contribution in [3.05, 3.63) is 53.0 Å². The number of benzene rings is 1. The molecule has 33 heavy (non-hydrogen) atoms. The number of amides is 2. The molecule has 0 unspecified atom stereocenters. The summed E-state index contributed by atoms with van der Waals surface area (Å²) in [7, 11) is 3.47. The summed E-state index contributed by atoms with van der Waals surface area (Å²) in [6.45, 7) is 7.14. The summed E-state index contributed by atoms with van der Waals surface area (Å²) in [4.78, 5) is 38.8.